The van der Waals surface area contributed by atoms with Crippen LogP contribution < -0.4 is 10.6 Å². The zero-order valence-corrected chi connectivity index (χ0v) is 29.0. The Labute approximate surface area is 301 Å². The van der Waals surface area contributed by atoms with Gasteiger partial charge in [-0.05, 0) is 41.5 Å². The molecule has 0 radical (unpaired) electrons. The van der Waals surface area contributed by atoms with Crippen molar-refractivity contribution in [2.24, 2.45) is 4.99 Å². The SMILES string of the molecule is c1ccc(C2=NC(c3cccc(-n4c5ccccc5c5c6c7ccccc7sc6c6sc7ccccc7c6c54)c3)NC(c3ccccc3)N2)cc1. The second-order valence-corrected chi connectivity index (χ2v) is 15.3. The van der Waals surface area contributed by atoms with Crippen LogP contribution >= 0.6 is 22.7 Å². The van der Waals surface area contributed by atoms with E-state index < -0.39 is 0 Å². The van der Waals surface area contributed by atoms with E-state index in [0.717, 1.165) is 22.6 Å². The third kappa shape index (κ3) is 4.44. The number of benzene rings is 7. The molecule has 2 unspecified atom stereocenters. The van der Waals surface area contributed by atoms with Crippen molar-refractivity contribution in [1.82, 2.24) is 15.2 Å². The van der Waals surface area contributed by atoms with Crippen LogP contribution in [0.25, 0.3) is 67.8 Å². The number of fused-ring (bicyclic) bond motifs is 12. The zero-order valence-electron chi connectivity index (χ0n) is 27.4. The second-order valence-electron chi connectivity index (χ2n) is 13.2. The number of nitrogens with one attached hydrogen (secondary N) is 2. The number of rotatable bonds is 4. The summed E-state index contributed by atoms with van der Waals surface area (Å²) in [6.07, 6.45) is -0.355. The standard InChI is InChI=1S/C45H30N4S2/c1-3-14-27(15-4-1)43-46-44(28-16-5-2-6-17-28)48-45(47-43)29-18-13-19-30(26-29)49-34-23-10-7-20-31(34)37-38-32-21-8-11-24-35(32)50-41(38)42-39(40(37)49)33-22-9-12-25-36(33)51-42/h1-26,43,45,47H,(H,46,48). The van der Waals surface area contributed by atoms with E-state index in [2.05, 4.69) is 167 Å². The van der Waals surface area contributed by atoms with Gasteiger partial charge in [-0.1, -0.05) is 127 Å². The van der Waals surface area contributed by atoms with Gasteiger partial charge in [0.15, 0.2) is 0 Å². The first-order valence-corrected chi connectivity index (χ1v) is 18.9. The summed E-state index contributed by atoms with van der Waals surface area (Å²) in [4.78, 5) is 5.28. The van der Waals surface area contributed by atoms with E-state index in [4.69, 9.17) is 4.99 Å². The van der Waals surface area contributed by atoms with Gasteiger partial charge >= 0.3 is 0 Å². The quantitative estimate of drug-likeness (QED) is 0.193. The molecule has 7 aromatic carbocycles. The summed E-state index contributed by atoms with van der Waals surface area (Å²) in [5.41, 5.74) is 6.96. The van der Waals surface area contributed by atoms with Crippen molar-refractivity contribution in [2.45, 2.75) is 12.3 Å². The van der Waals surface area contributed by atoms with Crippen LogP contribution in [0.4, 0.5) is 0 Å². The van der Waals surface area contributed by atoms with Gasteiger partial charge in [-0.25, -0.2) is 4.99 Å². The summed E-state index contributed by atoms with van der Waals surface area (Å²) >= 11 is 3.84. The fraction of sp³-hybridized carbons (Fsp3) is 0.0444. The minimum absolute atomic E-state index is 0.0993. The smallest absolute Gasteiger partial charge is 0.131 e. The van der Waals surface area contributed by atoms with E-state index in [1.54, 1.807) is 0 Å². The van der Waals surface area contributed by atoms with Crippen LogP contribution in [0.15, 0.2) is 163 Å². The Hall–Kier alpha value is -5.79. The number of aliphatic imine (C=N–C) groups is 1. The molecule has 0 saturated heterocycles. The highest BCUT2D eigenvalue weighted by Gasteiger charge is 2.27. The molecule has 4 heterocycles. The summed E-state index contributed by atoms with van der Waals surface area (Å²) in [6, 6.07) is 56.7. The average Bonchev–Trinajstić information content (AvgIpc) is 3.88. The Balaban J connectivity index is 1.20. The lowest BCUT2D eigenvalue weighted by molar-refractivity contribution is 0.409. The van der Waals surface area contributed by atoms with E-state index in [1.807, 2.05) is 28.7 Å². The predicted molar refractivity (Wildman–Crippen MR) is 218 cm³/mol. The minimum atomic E-state index is -0.255. The lowest BCUT2D eigenvalue weighted by atomic mass is 10.0. The molecule has 6 heteroatoms. The number of thiophene rings is 2. The van der Waals surface area contributed by atoms with Crippen LogP contribution in [-0.2, 0) is 0 Å². The van der Waals surface area contributed by atoms with E-state index in [0.29, 0.717) is 0 Å². The van der Waals surface area contributed by atoms with E-state index >= 15 is 0 Å². The van der Waals surface area contributed by atoms with Crippen molar-refractivity contribution in [2.75, 3.05) is 0 Å². The maximum atomic E-state index is 5.28. The molecule has 4 nitrogen and oxygen atoms in total. The fourth-order valence-electron chi connectivity index (χ4n) is 8.02. The topological polar surface area (TPSA) is 41.4 Å². The van der Waals surface area contributed by atoms with Crippen LogP contribution in [0.5, 0.6) is 0 Å². The van der Waals surface area contributed by atoms with Gasteiger partial charge in [-0.15, -0.1) is 22.7 Å². The van der Waals surface area contributed by atoms with Gasteiger partial charge in [0.25, 0.3) is 0 Å². The maximum Gasteiger partial charge on any atom is 0.131 e. The highest BCUT2D eigenvalue weighted by molar-refractivity contribution is 7.33. The first kappa shape index (κ1) is 29.0. The van der Waals surface area contributed by atoms with Gasteiger partial charge < -0.3 is 9.88 Å². The lowest BCUT2D eigenvalue weighted by Crippen LogP contribution is -2.44. The molecule has 1 aliphatic rings. The lowest BCUT2D eigenvalue weighted by Gasteiger charge is -2.32. The molecule has 0 bridgehead atoms. The molecular weight excluding hydrogens is 661 g/mol. The second kappa shape index (κ2) is 11.4. The van der Waals surface area contributed by atoms with E-state index in [9.17, 15) is 0 Å². The van der Waals surface area contributed by atoms with Crippen molar-refractivity contribution in [3.8, 4) is 5.69 Å². The Morgan fingerprint density at radius 3 is 1.90 bits per heavy atom. The van der Waals surface area contributed by atoms with Gasteiger partial charge in [-0.3, -0.25) is 5.32 Å². The normalized spacial score (nSPS) is 16.4. The summed E-state index contributed by atoms with van der Waals surface area (Å²) in [5.74, 6) is 0.883. The molecule has 10 aromatic rings. The summed E-state index contributed by atoms with van der Waals surface area (Å²) in [5, 5.41) is 15.4. The summed E-state index contributed by atoms with van der Waals surface area (Å²) in [6.45, 7) is 0. The third-order valence-corrected chi connectivity index (χ3v) is 12.8. The summed E-state index contributed by atoms with van der Waals surface area (Å²) in [7, 11) is 0. The molecule has 0 fully saturated rings. The van der Waals surface area contributed by atoms with Crippen LogP contribution in [-0.4, -0.2) is 10.4 Å². The van der Waals surface area contributed by atoms with Crippen molar-refractivity contribution >= 4 is 90.7 Å². The van der Waals surface area contributed by atoms with Crippen molar-refractivity contribution in [1.29, 1.82) is 0 Å². The van der Waals surface area contributed by atoms with Crippen LogP contribution in [0.2, 0.25) is 0 Å². The van der Waals surface area contributed by atoms with E-state index in [-0.39, 0.29) is 12.3 Å². The molecule has 2 atom stereocenters. The number of hydrogen-bond acceptors (Lipinski definition) is 5. The third-order valence-electron chi connectivity index (χ3n) is 10.2. The summed E-state index contributed by atoms with van der Waals surface area (Å²) < 4.78 is 7.90. The number of aromatic nitrogens is 1. The van der Waals surface area contributed by atoms with Crippen molar-refractivity contribution in [3.63, 3.8) is 0 Å². The Kier molecular flexibility index (Phi) is 6.46. The largest absolute Gasteiger partial charge is 0.350 e. The molecule has 0 amide bonds. The van der Waals surface area contributed by atoms with Crippen molar-refractivity contribution in [3.05, 3.63) is 174 Å². The molecule has 0 saturated carbocycles. The number of amidine groups is 1. The molecular formula is C45H30N4S2. The van der Waals surface area contributed by atoms with Gasteiger partial charge in [-0.2, -0.15) is 0 Å². The highest BCUT2D eigenvalue weighted by Crippen LogP contribution is 2.52. The minimum Gasteiger partial charge on any atom is -0.350 e. The first-order chi connectivity index (χ1) is 25.3. The van der Waals surface area contributed by atoms with Crippen molar-refractivity contribution < 1.29 is 0 Å². The molecule has 0 aliphatic carbocycles. The fourth-order valence-corrected chi connectivity index (χ4v) is 10.6. The molecule has 1 aliphatic heterocycles. The molecule has 51 heavy (non-hydrogen) atoms. The Morgan fingerprint density at radius 2 is 1.14 bits per heavy atom. The molecule has 11 rings (SSSR count). The zero-order chi connectivity index (χ0) is 33.5. The van der Waals surface area contributed by atoms with Gasteiger partial charge in [0.2, 0.25) is 0 Å². The molecule has 2 N–H and O–H groups in total. The first-order valence-electron chi connectivity index (χ1n) is 17.3. The monoisotopic (exact) mass is 690 g/mol. The highest BCUT2D eigenvalue weighted by atomic mass is 32.1. The maximum absolute atomic E-state index is 5.28. The number of hydrogen-bond donors (Lipinski definition) is 2. The van der Waals surface area contributed by atoms with Crippen LogP contribution in [0, 0.1) is 0 Å². The molecule has 3 aromatic heterocycles. The average molecular weight is 691 g/mol. The van der Waals surface area contributed by atoms with Gasteiger partial charge in [0.1, 0.15) is 18.2 Å². The molecule has 0 spiro atoms. The van der Waals surface area contributed by atoms with Crippen LogP contribution in [0.1, 0.15) is 29.0 Å². The van der Waals surface area contributed by atoms with Gasteiger partial charge in [0, 0.05) is 53.0 Å². The number of para-hydroxylation sites is 1. The predicted octanol–water partition coefficient (Wildman–Crippen LogP) is 11.9. The van der Waals surface area contributed by atoms with Crippen LogP contribution in [0.3, 0.4) is 0 Å². The number of nitrogens with zero attached hydrogens (tertiary/aromatic N) is 2. The van der Waals surface area contributed by atoms with Gasteiger partial charge in [0.05, 0.1) is 20.4 Å². The van der Waals surface area contributed by atoms with E-state index in [1.165, 1.54) is 67.7 Å². The molecule has 242 valence electrons. The Bertz CT molecular complexity index is 2990. The Morgan fingerprint density at radius 1 is 0.529 bits per heavy atom.